The number of alkyl halides is 1. The molecular weight excluding hydrogens is 401 g/mol. The molecule has 0 unspecified atom stereocenters. The Morgan fingerprint density at radius 3 is 2.53 bits per heavy atom. The third-order valence-corrected chi connectivity index (χ3v) is 6.10. The molecule has 0 bridgehead atoms. The van der Waals surface area contributed by atoms with Gasteiger partial charge in [-0.15, -0.1) is 0 Å². The Labute approximate surface area is 129 Å². The van der Waals surface area contributed by atoms with Gasteiger partial charge >= 0.3 is 0 Å². The van der Waals surface area contributed by atoms with E-state index in [9.17, 15) is 12.8 Å². The molecule has 19 heavy (non-hydrogen) atoms. The summed E-state index contributed by atoms with van der Waals surface area (Å²) < 4.78 is 40.9. The molecule has 0 amide bonds. The van der Waals surface area contributed by atoms with E-state index >= 15 is 0 Å². The van der Waals surface area contributed by atoms with E-state index < -0.39 is 15.8 Å². The van der Waals surface area contributed by atoms with Crippen LogP contribution >= 0.6 is 31.9 Å². The van der Waals surface area contributed by atoms with Crippen LogP contribution in [0.15, 0.2) is 27.6 Å². The topological polar surface area (TPSA) is 37.4 Å². The molecule has 0 radical (unpaired) electrons. The smallest absolute Gasteiger partial charge is 0.207 e. The van der Waals surface area contributed by atoms with Gasteiger partial charge in [0.2, 0.25) is 10.0 Å². The van der Waals surface area contributed by atoms with Crippen LogP contribution in [-0.4, -0.2) is 30.6 Å². The van der Waals surface area contributed by atoms with Crippen molar-refractivity contribution in [1.82, 2.24) is 4.31 Å². The Kier molecular flexibility index (Phi) is 5.03. The molecule has 0 spiro atoms. The number of sulfonamides is 1. The van der Waals surface area contributed by atoms with Crippen molar-refractivity contribution in [1.29, 1.82) is 0 Å². The van der Waals surface area contributed by atoms with E-state index in [1.807, 2.05) is 0 Å². The first-order chi connectivity index (χ1) is 8.96. The van der Waals surface area contributed by atoms with E-state index in [2.05, 4.69) is 31.9 Å². The van der Waals surface area contributed by atoms with Crippen LogP contribution < -0.4 is 0 Å². The molecule has 1 aliphatic carbocycles. The quantitative estimate of drug-likeness (QED) is 0.691. The summed E-state index contributed by atoms with van der Waals surface area (Å²) in [7, 11) is -3.76. The first-order valence-electron chi connectivity index (χ1n) is 5.99. The van der Waals surface area contributed by atoms with E-state index in [-0.39, 0.29) is 10.9 Å². The molecule has 1 fully saturated rings. The van der Waals surface area contributed by atoms with Crippen molar-refractivity contribution in [2.45, 2.75) is 30.2 Å². The van der Waals surface area contributed by atoms with Crippen LogP contribution in [0, 0.1) is 5.82 Å². The van der Waals surface area contributed by atoms with E-state index in [0.717, 1.165) is 19.3 Å². The number of nitrogens with zero attached hydrogens (tertiary/aromatic N) is 1. The normalized spacial score (nSPS) is 16.6. The van der Waals surface area contributed by atoms with Crippen LogP contribution in [0.4, 0.5) is 4.39 Å². The molecule has 1 saturated carbocycles. The number of halogens is 3. The molecule has 1 aromatic rings. The summed E-state index contributed by atoms with van der Waals surface area (Å²) in [5, 5.41) is 0.543. The van der Waals surface area contributed by atoms with Gasteiger partial charge in [-0.1, -0.05) is 38.3 Å². The van der Waals surface area contributed by atoms with Crippen molar-refractivity contribution >= 4 is 41.9 Å². The maximum atomic E-state index is 13.9. The lowest BCUT2D eigenvalue weighted by Gasteiger charge is -2.36. The van der Waals surface area contributed by atoms with Crippen molar-refractivity contribution < 1.29 is 12.8 Å². The minimum atomic E-state index is -3.76. The van der Waals surface area contributed by atoms with Crippen LogP contribution in [0.5, 0.6) is 0 Å². The molecule has 1 aliphatic rings. The molecule has 0 N–H and O–H groups in total. The largest absolute Gasteiger partial charge is 0.246 e. The van der Waals surface area contributed by atoms with Crippen LogP contribution in [0.25, 0.3) is 0 Å². The first kappa shape index (κ1) is 15.4. The minimum absolute atomic E-state index is 0.00518. The molecule has 0 heterocycles. The van der Waals surface area contributed by atoms with E-state index in [1.54, 1.807) is 6.07 Å². The maximum Gasteiger partial charge on any atom is 0.246 e. The van der Waals surface area contributed by atoms with Gasteiger partial charge in [-0.2, -0.15) is 4.31 Å². The standard InChI is InChI=1S/C12H14Br2FNO2S/c13-6-7-16(10-2-1-3-10)19(17,18)12-5-4-9(14)8-11(12)15/h4-5,8,10H,1-3,6-7H2. The monoisotopic (exact) mass is 413 g/mol. The second-order valence-corrected chi connectivity index (χ2v) is 8.03. The van der Waals surface area contributed by atoms with Gasteiger partial charge in [-0.3, -0.25) is 0 Å². The zero-order valence-corrected chi connectivity index (χ0v) is 14.1. The maximum absolute atomic E-state index is 13.9. The Morgan fingerprint density at radius 1 is 1.37 bits per heavy atom. The lowest BCUT2D eigenvalue weighted by Crippen LogP contribution is -2.45. The van der Waals surface area contributed by atoms with E-state index in [1.165, 1.54) is 16.4 Å². The van der Waals surface area contributed by atoms with Crippen molar-refractivity contribution in [2.75, 3.05) is 11.9 Å². The molecular formula is C12H14Br2FNO2S. The van der Waals surface area contributed by atoms with E-state index in [0.29, 0.717) is 16.3 Å². The molecule has 3 nitrogen and oxygen atoms in total. The van der Waals surface area contributed by atoms with Gasteiger partial charge in [0.15, 0.2) is 0 Å². The molecule has 106 valence electrons. The number of hydrogen-bond donors (Lipinski definition) is 0. The molecule has 1 aromatic carbocycles. The Balaban J connectivity index is 2.38. The Hall–Kier alpha value is 0.0200. The van der Waals surface area contributed by atoms with Crippen molar-refractivity contribution in [3.8, 4) is 0 Å². The van der Waals surface area contributed by atoms with Gasteiger partial charge in [0.1, 0.15) is 10.7 Å². The summed E-state index contributed by atoms with van der Waals surface area (Å²) in [5.74, 6) is -0.715. The zero-order valence-electron chi connectivity index (χ0n) is 10.2. The van der Waals surface area contributed by atoms with Gasteiger partial charge in [-0.05, 0) is 31.0 Å². The number of hydrogen-bond acceptors (Lipinski definition) is 2. The van der Waals surface area contributed by atoms with Gasteiger partial charge in [0, 0.05) is 22.4 Å². The molecule has 0 atom stereocenters. The van der Waals surface area contributed by atoms with Gasteiger partial charge < -0.3 is 0 Å². The Morgan fingerprint density at radius 2 is 2.05 bits per heavy atom. The van der Waals surface area contributed by atoms with Crippen LogP contribution in [0.1, 0.15) is 19.3 Å². The fourth-order valence-corrected chi connectivity index (χ4v) is 4.75. The summed E-state index contributed by atoms with van der Waals surface area (Å²) in [4.78, 5) is -0.247. The summed E-state index contributed by atoms with van der Waals surface area (Å²) in [6.07, 6.45) is 2.73. The molecule has 0 aliphatic heterocycles. The van der Waals surface area contributed by atoms with Crippen molar-refractivity contribution in [3.05, 3.63) is 28.5 Å². The van der Waals surface area contributed by atoms with Crippen LogP contribution in [0.3, 0.4) is 0 Å². The fourth-order valence-electron chi connectivity index (χ4n) is 2.07. The molecule has 2 rings (SSSR count). The number of rotatable bonds is 5. The highest BCUT2D eigenvalue weighted by Crippen LogP contribution is 2.31. The highest BCUT2D eigenvalue weighted by molar-refractivity contribution is 9.10. The fraction of sp³-hybridized carbons (Fsp3) is 0.500. The predicted molar refractivity (Wildman–Crippen MR) is 79.4 cm³/mol. The Bertz CT molecular complexity index is 561. The SMILES string of the molecule is O=S(=O)(c1ccc(Br)cc1F)N(CCBr)C1CCC1. The van der Waals surface area contributed by atoms with Crippen molar-refractivity contribution in [2.24, 2.45) is 0 Å². The van der Waals surface area contributed by atoms with Gasteiger partial charge in [-0.25, -0.2) is 12.8 Å². The van der Waals surface area contributed by atoms with E-state index in [4.69, 9.17) is 0 Å². The van der Waals surface area contributed by atoms with Gasteiger partial charge in [0.25, 0.3) is 0 Å². The second kappa shape index (κ2) is 6.20. The van der Waals surface area contributed by atoms with Crippen LogP contribution in [-0.2, 0) is 10.0 Å². The first-order valence-corrected chi connectivity index (χ1v) is 9.35. The van der Waals surface area contributed by atoms with Crippen molar-refractivity contribution in [3.63, 3.8) is 0 Å². The third-order valence-electron chi connectivity index (χ3n) is 3.27. The minimum Gasteiger partial charge on any atom is -0.207 e. The van der Waals surface area contributed by atoms with Gasteiger partial charge in [0.05, 0.1) is 0 Å². The molecule has 7 heteroatoms. The second-order valence-electron chi connectivity index (χ2n) is 4.46. The average Bonchev–Trinajstić information content (AvgIpc) is 2.25. The summed E-state index contributed by atoms with van der Waals surface area (Å²) >= 11 is 6.39. The average molecular weight is 415 g/mol. The summed E-state index contributed by atoms with van der Waals surface area (Å²) in [6, 6.07) is 4.04. The zero-order chi connectivity index (χ0) is 14.0. The predicted octanol–water partition coefficient (Wildman–Crippen LogP) is 3.53. The number of benzene rings is 1. The summed E-state index contributed by atoms with van der Waals surface area (Å²) in [5.41, 5.74) is 0. The molecule has 0 saturated heterocycles. The lowest BCUT2D eigenvalue weighted by molar-refractivity contribution is 0.227. The lowest BCUT2D eigenvalue weighted by atomic mass is 9.93. The summed E-state index contributed by atoms with van der Waals surface area (Å²) in [6.45, 7) is 0.364. The highest BCUT2D eigenvalue weighted by Gasteiger charge is 2.35. The highest BCUT2D eigenvalue weighted by atomic mass is 79.9. The van der Waals surface area contributed by atoms with Crippen LogP contribution in [0.2, 0.25) is 0 Å². The third kappa shape index (κ3) is 3.20. The molecule has 0 aromatic heterocycles.